The van der Waals surface area contributed by atoms with Crippen molar-refractivity contribution < 1.29 is 14.1 Å². The molecule has 2 heterocycles. The molecule has 10 heteroatoms. The van der Waals surface area contributed by atoms with Crippen molar-refractivity contribution in [1.82, 2.24) is 9.55 Å². The second-order valence-electron chi connectivity index (χ2n) is 7.09. The maximum absolute atomic E-state index is 13.1. The Labute approximate surface area is 180 Å². The molecule has 1 aromatic heterocycles. The van der Waals surface area contributed by atoms with Crippen molar-refractivity contribution in [3.63, 3.8) is 0 Å². The molecule has 2 aromatic carbocycles. The summed E-state index contributed by atoms with van der Waals surface area (Å²) in [6.07, 6.45) is 0.0454. The van der Waals surface area contributed by atoms with Crippen LogP contribution in [0.4, 0.5) is 15.9 Å². The van der Waals surface area contributed by atoms with E-state index in [0.717, 1.165) is 5.56 Å². The molecule has 0 bridgehead atoms. The average Bonchev–Trinajstić information content (AvgIpc) is 2.75. The third kappa shape index (κ3) is 4.19. The summed E-state index contributed by atoms with van der Waals surface area (Å²) in [4.78, 5) is 39.9. The molecule has 1 aliphatic rings. The van der Waals surface area contributed by atoms with Crippen LogP contribution in [0.3, 0.4) is 0 Å². The highest BCUT2D eigenvalue weighted by Crippen LogP contribution is 2.36. The Kier molecular flexibility index (Phi) is 5.55. The summed E-state index contributed by atoms with van der Waals surface area (Å²) in [5.74, 6) is -0.299. The van der Waals surface area contributed by atoms with Crippen molar-refractivity contribution in [3.05, 3.63) is 91.5 Å². The SMILES string of the molecule is Cn1c(SCc2ccc(F)cc2)nc(=O)c2c1NC(=O)CC2c1ccc([N+](=O)[O-])cc1. The number of aromatic nitrogens is 2. The zero-order chi connectivity index (χ0) is 22.1. The molecule has 158 valence electrons. The molecule has 1 unspecified atom stereocenters. The van der Waals surface area contributed by atoms with E-state index in [9.17, 15) is 24.1 Å². The molecule has 0 saturated heterocycles. The normalized spacial score (nSPS) is 15.3. The zero-order valence-corrected chi connectivity index (χ0v) is 17.2. The van der Waals surface area contributed by atoms with Crippen LogP contribution in [0.25, 0.3) is 0 Å². The number of hydrogen-bond acceptors (Lipinski definition) is 6. The molecular weight excluding hydrogens is 423 g/mol. The van der Waals surface area contributed by atoms with Crippen LogP contribution >= 0.6 is 11.8 Å². The quantitative estimate of drug-likeness (QED) is 0.281. The van der Waals surface area contributed by atoms with Gasteiger partial charge in [0, 0.05) is 37.3 Å². The van der Waals surface area contributed by atoms with Gasteiger partial charge in [-0.1, -0.05) is 36.0 Å². The minimum atomic E-state index is -0.549. The van der Waals surface area contributed by atoms with Crippen molar-refractivity contribution in [1.29, 1.82) is 0 Å². The van der Waals surface area contributed by atoms with E-state index in [0.29, 0.717) is 27.9 Å². The average molecular weight is 440 g/mol. The van der Waals surface area contributed by atoms with Crippen molar-refractivity contribution >= 4 is 29.2 Å². The molecule has 31 heavy (non-hydrogen) atoms. The second-order valence-corrected chi connectivity index (χ2v) is 8.03. The third-order valence-electron chi connectivity index (χ3n) is 5.09. The highest BCUT2D eigenvalue weighted by molar-refractivity contribution is 7.98. The van der Waals surface area contributed by atoms with Crippen LogP contribution in [0, 0.1) is 15.9 Å². The van der Waals surface area contributed by atoms with Crippen molar-refractivity contribution in [3.8, 4) is 0 Å². The first-order valence-electron chi connectivity index (χ1n) is 9.36. The fraction of sp³-hybridized carbons (Fsp3) is 0.190. The Balaban J connectivity index is 1.68. The molecule has 4 rings (SSSR count). The van der Waals surface area contributed by atoms with E-state index in [1.54, 1.807) is 35.9 Å². The molecule has 1 N–H and O–H groups in total. The minimum Gasteiger partial charge on any atom is -0.312 e. The number of nitrogens with zero attached hydrogens (tertiary/aromatic N) is 3. The van der Waals surface area contributed by atoms with E-state index in [1.165, 1.54) is 36.0 Å². The number of hydrogen-bond donors (Lipinski definition) is 1. The summed E-state index contributed by atoms with van der Waals surface area (Å²) in [6.45, 7) is 0. The van der Waals surface area contributed by atoms with Crippen LogP contribution in [-0.4, -0.2) is 20.4 Å². The number of nitro groups is 1. The molecule has 0 spiro atoms. The first kappa shape index (κ1) is 20.7. The first-order chi connectivity index (χ1) is 14.8. The number of rotatable bonds is 5. The zero-order valence-electron chi connectivity index (χ0n) is 16.4. The molecule has 1 amide bonds. The van der Waals surface area contributed by atoms with Gasteiger partial charge in [0.1, 0.15) is 11.6 Å². The van der Waals surface area contributed by atoms with Crippen molar-refractivity contribution in [2.45, 2.75) is 23.2 Å². The van der Waals surface area contributed by atoms with Gasteiger partial charge in [0.15, 0.2) is 5.16 Å². The highest BCUT2D eigenvalue weighted by atomic mass is 32.2. The monoisotopic (exact) mass is 440 g/mol. The molecular formula is C21H17FN4O4S. The van der Waals surface area contributed by atoms with Crippen LogP contribution in [-0.2, 0) is 17.6 Å². The molecule has 0 saturated carbocycles. The Hall–Kier alpha value is -3.53. The van der Waals surface area contributed by atoms with Gasteiger partial charge in [-0.25, -0.2) is 4.39 Å². The lowest BCUT2D eigenvalue weighted by molar-refractivity contribution is -0.384. The molecule has 0 fully saturated rings. The van der Waals surface area contributed by atoms with Crippen LogP contribution < -0.4 is 10.9 Å². The third-order valence-corrected chi connectivity index (χ3v) is 6.19. The van der Waals surface area contributed by atoms with Gasteiger partial charge in [0.2, 0.25) is 5.91 Å². The lowest BCUT2D eigenvalue weighted by Gasteiger charge is -2.27. The fourth-order valence-corrected chi connectivity index (χ4v) is 4.43. The molecule has 1 atom stereocenters. The Morgan fingerprint density at radius 3 is 2.52 bits per heavy atom. The predicted octanol–water partition coefficient (Wildman–Crippen LogP) is 3.59. The van der Waals surface area contributed by atoms with Crippen LogP contribution in [0.5, 0.6) is 0 Å². The van der Waals surface area contributed by atoms with Crippen molar-refractivity contribution in [2.75, 3.05) is 5.32 Å². The molecule has 0 aliphatic carbocycles. The summed E-state index contributed by atoms with van der Waals surface area (Å²) in [5.41, 5.74) is 1.32. The maximum atomic E-state index is 13.1. The molecule has 1 aliphatic heterocycles. The standard InChI is InChI=1S/C21H17FN4O4S/c1-25-19-18(20(28)24-21(25)31-11-12-2-6-14(22)7-3-12)16(10-17(27)23-19)13-4-8-15(9-5-13)26(29)30/h2-9,16H,10-11H2,1H3,(H,23,27). The van der Waals surface area contributed by atoms with Gasteiger partial charge in [-0.2, -0.15) is 4.98 Å². The summed E-state index contributed by atoms with van der Waals surface area (Å²) in [7, 11) is 1.71. The number of thioether (sulfide) groups is 1. The highest BCUT2D eigenvalue weighted by Gasteiger charge is 2.32. The van der Waals surface area contributed by atoms with E-state index in [-0.39, 0.29) is 23.8 Å². The minimum absolute atomic E-state index is 0.0454. The number of nitrogens with one attached hydrogen (secondary N) is 1. The topological polar surface area (TPSA) is 107 Å². The number of benzene rings is 2. The van der Waals surface area contributed by atoms with Gasteiger partial charge < -0.3 is 9.88 Å². The summed E-state index contributed by atoms with van der Waals surface area (Å²) >= 11 is 1.30. The van der Waals surface area contributed by atoms with E-state index < -0.39 is 16.4 Å². The van der Waals surface area contributed by atoms with E-state index in [2.05, 4.69) is 10.3 Å². The number of amides is 1. The Morgan fingerprint density at radius 1 is 1.19 bits per heavy atom. The lowest BCUT2D eigenvalue weighted by Crippen LogP contribution is -2.33. The molecule has 3 aromatic rings. The second kappa shape index (κ2) is 8.31. The van der Waals surface area contributed by atoms with E-state index in [4.69, 9.17) is 0 Å². The fourth-order valence-electron chi connectivity index (χ4n) is 3.51. The number of non-ortho nitro benzene ring substituents is 1. The molecule has 0 radical (unpaired) electrons. The number of nitro benzene ring substituents is 1. The number of carbonyl (C=O) groups is 1. The van der Waals surface area contributed by atoms with Gasteiger partial charge in [-0.15, -0.1) is 0 Å². The molecule has 8 nitrogen and oxygen atoms in total. The Bertz CT molecular complexity index is 1230. The van der Waals surface area contributed by atoms with Gasteiger partial charge in [-0.05, 0) is 23.3 Å². The number of anilines is 1. The van der Waals surface area contributed by atoms with E-state index >= 15 is 0 Å². The van der Waals surface area contributed by atoms with Gasteiger partial charge >= 0.3 is 0 Å². The lowest BCUT2D eigenvalue weighted by atomic mass is 9.86. The number of halogens is 1. The predicted molar refractivity (Wildman–Crippen MR) is 114 cm³/mol. The van der Waals surface area contributed by atoms with Gasteiger partial charge in [0.05, 0.1) is 10.5 Å². The van der Waals surface area contributed by atoms with Crippen molar-refractivity contribution in [2.24, 2.45) is 7.05 Å². The van der Waals surface area contributed by atoms with Gasteiger partial charge in [-0.3, -0.25) is 19.7 Å². The van der Waals surface area contributed by atoms with Crippen LogP contribution in [0.15, 0.2) is 58.5 Å². The van der Waals surface area contributed by atoms with E-state index in [1.807, 2.05) is 0 Å². The maximum Gasteiger partial charge on any atom is 0.279 e. The number of fused-ring (bicyclic) bond motifs is 1. The van der Waals surface area contributed by atoms with Crippen LogP contribution in [0.1, 0.15) is 29.0 Å². The number of carbonyl (C=O) groups excluding carboxylic acids is 1. The summed E-state index contributed by atoms with van der Waals surface area (Å²) in [6, 6.07) is 11.9. The largest absolute Gasteiger partial charge is 0.312 e. The van der Waals surface area contributed by atoms with Crippen LogP contribution in [0.2, 0.25) is 0 Å². The first-order valence-corrected chi connectivity index (χ1v) is 10.3. The summed E-state index contributed by atoms with van der Waals surface area (Å²) in [5, 5.41) is 14.1. The smallest absolute Gasteiger partial charge is 0.279 e. The van der Waals surface area contributed by atoms with Gasteiger partial charge in [0.25, 0.3) is 11.2 Å². The summed E-state index contributed by atoms with van der Waals surface area (Å²) < 4.78 is 14.7. The Morgan fingerprint density at radius 2 is 1.87 bits per heavy atom.